The van der Waals surface area contributed by atoms with E-state index in [2.05, 4.69) is 4.98 Å². The zero-order valence-corrected chi connectivity index (χ0v) is 8.02. The number of carboxylic acid groups (broad SMARTS) is 1. The number of hydrogen-bond acceptors (Lipinski definition) is 5. The summed E-state index contributed by atoms with van der Waals surface area (Å²) in [6.07, 6.45) is 1.63. The van der Waals surface area contributed by atoms with Gasteiger partial charge in [-0.25, -0.2) is 9.78 Å². The average Bonchev–Trinajstić information content (AvgIpc) is 2.61. The van der Waals surface area contributed by atoms with E-state index in [0.717, 1.165) is 21.8 Å². The van der Waals surface area contributed by atoms with Gasteiger partial charge in [-0.2, -0.15) is 0 Å². The number of rotatable bonds is 2. The number of aromatic carboxylic acids is 1. The number of nitrogens with zero attached hydrogens (tertiary/aromatic N) is 2. The van der Waals surface area contributed by atoms with Gasteiger partial charge in [0, 0.05) is 12.3 Å². The number of aromatic nitrogens is 2. The lowest BCUT2D eigenvalue weighted by atomic mass is 10.4. The fourth-order valence-corrected chi connectivity index (χ4v) is 1.91. The molecule has 0 saturated carbocycles. The normalized spacial score (nSPS) is 10.4. The second-order valence-electron chi connectivity index (χ2n) is 2.69. The van der Waals surface area contributed by atoms with Gasteiger partial charge in [0.15, 0.2) is 11.2 Å². The molecule has 0 unspecified atom stereocenters. The highest BCUT2D eigenvalue weighted by Crippen LogP contribution is 2.14. The monoisotopic (exact) mass is 224 g/mol. The van der Waals surface area contributed by atoms with E-state index in [4.69, 9.17) is 5.11 Å². The molecule has 0 saturated heterocycles. The molecule has 2 rings (SSSR count). The number of fused-ring (bicyclic) bond motifs is 1. The van der Waals surface area contributed by atoms with Crippen molar-refractivity contribution in [3.8, 4) is 0 Å². The van der Waals surface area contributed by atoms with E-state index >= 15 is 0 Å². The molecule has 6 nitrogen and oxygen atoms in total. The molecule has 0 aliphatic carbocycles. The third-order valence-electron chi connectivity index (χ3n) is 1.72. The average molecular weight is 224 g/mol. The molecular weight excluding hydrogens is 220 g/mol. The highest BCUT2D eigenvalue weighted by molar-refractivity contribution is 7.18. The Morgan fingerprint density at radius 2 is 2.33 bits per heavy atom. The van der Waals surface area contributed by atoms with Gasteiger partial charge in [0.2, 0.25) is 0 Å². The first-order valence-corrected chi connectivity index (χ1v) is 4.65. The van der Waals surface area contributed by atoms with Crippen LogP contribution in [0.1, 0.15) is 20.2 Å². The molecule has 0 bridgehead atoms. The van der Waals surface area contributed by atoms with Crippen LogP contribution in [0.5, 0.6) is 0 Å². The standard InChI is InChI=1S/C8H4N2O4S/c11-3-4-1-6(12)10-2-5(7(13)14)15-8(10)9-4/h1-3H,(H,13,14). The predicted octanol–water partition coefficient (Wildman–Crippen LogP) is 0.267. The number of carbonyl (C=O) groups is 2. The SMILES string of the molecule is O=Cc1cc(=O)n2cc(C(=O)O)sc2n1. The zero-order valence-electron chi connectivity index (χ0n) is 7.21. The third-order valence-corrected chi connectivity index (χ3v) is 2.69. The van der Waals surface area contributed by atoms with Crippen molar-refractivity contribution in [3.63, 3.8) is 0 Å². The summed E-state index contributed by atoms with van der Waals surface area (Å²) in [4.78, 5) is 36.4. The maximum atomic E-state index is 11.4. The minimum Gasteiger partial charge on any atom is -0.477 e. The smallest absolute Gasteiger partial charge is 0.347 e. The van der Waals surface area contributed by atoms with E-state index in [1.165, 1.54) is 6.20 Å². The Bertz CT molecular complexity index is 613. The van der Waals surface area contributed by atoms with Gasteiger partial charge in [-0.05, 0) is 0 Å². The quantitative estimate of drug-likeness (QED) is 0.739. The molecule has 0 aliphatic rings. The first kappa shape index (κ1) is 9.53. The van der Waals surface area contributed by atoms with Crippen LogP contribution in [-0.4, -0.2) is 26.7 Å². The summed E-state index contributed by atoms with van der Waals surface area (Å²) in [6.45, 7) is 0. The summed E-state index contributed by atoms with van der Waals surface area (Å²) >= 11 is 0.842. The van der Waals surface area contributed by atoms with Crippen LogP contribution < -0.4 is 5.56 Å². The molecule has 2 heterocycles. The lowest BCUT2D eigenvalue weighted by Crippen LogP contribution is -2.12. The van der Waals surface area contributed by atoms with Gasteiger partial charge in [-0.1, -0.05) is 11.3 Å². The molecule has 76 valence electrons. The first-order chi connectivity index (χ1) is 7.11. The van der Waals surface area contributed by atoms with Gasteiger partial charge < -0.3 is 5.11 Å². The van der Waals surface area contributed by atoms with Crippen LogP contribution in [0.4, 0.5) is 0 Å². The van der Waals surface area contributed by atoms with E-state index < -0.39 is 11.5 Å². The predicted molar refractivity (Wildman–Crippen MR) is 51.7 cm³/mol. The van der Waals surface area contributed by atoms with E-state index in [1.54, 1.807) is 0 Å². The molecule has 15 heavy (non-hydrogen) atoms. The summed E-state index contributed by atoms with van der Waals surface area (Å²) in [5, 5.41) is 8.70. The van der Waals surface area contributed by atoms with Crippen molar-refractivity contribution in [2.75, 3.05) is 0 Å². The van der Waals surface area contributed by atoms with Crippen LogP contribution in [0.25, 0.3) is 4.96 Å². The van der Waals surface area contributed by atoms with Gasteiger partial charge in [0.1, 0.15) is 10.6 Å². The highest BCUT2D eigenvalue weighted by Gasteiger charge is 2.11. The zero-order chi connectivity index (χ0) is 11.0. The summed E-state index contributed by atoms with van der Waals surface area (Å²) in [5.41, 5.74) is -0.468. The fraction of sp³-hybridized carbons (Fsp3) is 0. The minimum atomic E-state index is -1.13. The van der Waals surface area contributed by atoms with Crippen LogP contribution >= 0.6 is 11.3 Å². The van der Waals surface area contributed by atoms with Gasteiger partial charge in [-0.15, -0.1) is 0 Å². The Labute approximate surface area is 86.4 Å². The van der Waals surface area contributed by atoms with Gasteiger partial charge in [0.05, 0.1) is 0 Å². The maximum absolute atomic E-state index is 11.4. The number of hydrogen-bond donors (Lipinski definition) is 1. The number of carbonyl (C=O) groups excluding carboxylic acids is 1. The fourth-order valence-electron chi connectivity index (χ4n) is 1.08. The summed E-state index contributed by atoms with van der Waals surface area (Å²) < 4.78 is 1.10. The second-order valence-corrected chi connectivity index (χ2v) is 3.70. The van der Waals surface area contributed by atoms with Crippen molar-refractivity contribution < 1.29 is 14.7 Å². The molecular formula is C8H4N2O4S. The van der Waals surface area contributed by atoms with Gasteiger partial charge in [-0.3, -0.25) is 14.0 Å². The highest BCUT2D eigenvalue weighted by atomic mass is 32.1. The molecule has 0 aliphatic heterocycles. The molecule has 0 atom stereocenters. The van der Waals surface area contributed by atoms with Crippen molar-refractivity contribution in [2.24, 2.45) is 0 Å². The largest absolute Gasteiger partial charge is 0.477 e. The maximum Gasteiger partial charge on any atom is 0.347 e. The van der Waals surface area contributed by atoms with E-state index in [9.17, 15) is 14.4 Å². The topological polar surface area (TPSA) is 88.7 Å². The van der Waals surface area contributed by atoms with E-state index in [0.29, 0.717) is 6.29 Å². The van der Waals surface area contributed by atoms with E-state index in [1.807, 2.05) is 0 Å². The molecule has 2 aromatic rings. The first-order valence-electron chi connectivity index (χ1n) is 3.83. The third kappa shape index (κ3) is 1.52. The Morgan fingerprint density at radius 3 is 2.93 bits per heavy atom. The number of carboxylic acids is 1. The van der Waals surface area contributed by atoms with Gasteiger partial charge in [0.25, 0.3) is 5.56 Å². The molecule has 0 spiro atoms. The van der Waals surface area contributed by atoms with Crippen molar-refractivity contribution in [1.29, 1.82) is 0 Å². The van der Waals surface area contributed by atoms with Crippen LogP contribution in [0.2, 0.25) is 0 Å². The Morgan fingerprint density at radius 1 is 1.60 bits per heavy atom. The van der Waals surface area contributed by atoms with Crippen molar-refractivity contribution in [3.05, 3.63) is 33.2 Å². The second kappa shape index (κ2) is 3.28. The van der Waals surface area contributed by atoms with Gasteiger partial charge >= 0.3 is 5.97 Å². The lowest BCUT2D eigenvalue weighted by molar-refractivity contribution is 0.0701. The molecule has 0 amide bonds. The molecule has 1 N–H and O–H groups in total. The van der Waals surface area contributed by atoms with Crippen LogP contribution in [0.3, 0.4) is 0 Å². The van der Waals surface area contributed by atoms with Crippen molar-refractivity contribution >= 4 is 28.6 Å². The Hall–Kier alpha value is -2.02. The molecule has 0 radical (unpaired) electrons. The molecule has 0 aromatic carbocycles. The minimum absolute atomic E-state index is 0.00112. The van der Waals surface area contributed by atoms with Crippen molar-refractivity contribution in [2.45, 2.75) is 0 Å². The molecule has 2 aromatic heterocycles. The van der Waals surface area contributed by atoms with Crippen LogP contribution in [-0.2, 0) is 0 Å². The van der Waals surface area contributed by atoms with Crippen molar-refractivity contribution in [1.82, 2.24) is 9.38 Å². The van der Waals surface area contributed by atoms with Crippen LogP contribution in [0.15, 0.2) is 17.1 Å². The van der Waals surface area contributed by atoms with E-state index in [-0.39, 0.29) is 15.5 Å². The summed E-state index contributed by atoms with van der Waals surface area (Å²) in [7, 11) is 0. The molecule has 0 fully saturated rings. The summed E-state index contributed by atoms with van der Waals surface area (Å²) in [6, 6.07) is 1.05. The summed E-state index contributed by atoms with van der Waals surface area (Å²) in [5.74, 6) is -1.13. The van der Waals surface area contributed by atoms with Crippen LogP contribution in [0, 0.1) is 0 Å². The Kier molecular flexibility index (Phi) is 2.09. The lowest BCUT2D eigenvalue weighted by Gasteiger charge is -1.90. The Balaban J connectivity index is 2.81. The number of thiazole rings is 1. The number of aldehydes is 1. The molecule has 7 heteroatoms.